The number of carbonyl (C=O) groups excluding carboxylic acids is 2. The van der Waals surface area contributed by atoms with E-state index < -0.39 is 6.04 Å². The Labute approximate surface area is 159 Å². The van der Waals surface area contributed by atoms with Crippen molar-refractivity contribution in [3.63, 3.8) is 0 Å². The third-order valence-electron chi connectivity index (χ3n) is 4.50. The van der Waals surface area contributed by atoms with Crippen LogP contribution < -0.4 is 5.32 Å². The van der Waals surface area contributed by atoms with Gasteiger partial charge in [-0.3, -0.25) is 14.6 Å². The smallest absolute Gasteiger partial charge is 0.254 e. The average Bonchev–Trinajstić information content (AvgIpc) is 2.65. The molecule has 1 heterocycles. The van der Waals surface area contributed by atoms with Gasteiger partial charge in [0.2, 0.25) is 5.91 Å². The van der Waals surface area contributed by atoms with Crippen LogP contribution >= 0.6 is 0 Å². The molecule has 27 heavy (non-hydrogen) atoms. The van der Waals surface area contributed by atoms with Crippen molar-refractivity contribution in [1.29, 1.82) is 0 Å². The van der Waals surface area contributed by atoms with Crippen molar-refractivity contribution in [3.05, 3.63) is 77.0 Å². The van der Waals surface area contributed by atoms with Gasteiger partial charge >= 0.3 is 0 Å². The number of hydrogen-bond acceptors (Lipinski definition) is 3. The highest BCUT2D eigenvalue weighted by Crippen LogP contribution is 2.20. The van der Waals surface area contributed by atoms with E-state index in [2.05, 4.69) is 10.3 Å². The monoisotopic (exact) mass is 361 g/mol. The molecular formula is C22H23N3O2. The molecule has 1 N–H and O–H groups in total. The topological polar surface area (TPSA) is 62.3 Å². The fraction of sp³-hybridized carbons (Fsp3) is 0.227. The number of nitrogens with zero attached hydrogens (tertiary/aromatic N) is 2. The minimum absolute atomic E-state index is 0.184. The van der Waals surface area contributed by atoms with Crippen molar-refractivity contribution in [2.24, 2.45) is 0 Å². The van der Waals surface area contributed by atoms with Crippen LogP contribution in [0.4, 0.5) is 0 Å². The molecule has 0 radical (unpaired) electrons. The molecule has 0 bridgehead atoms. The van der Waals surface area contributed by atoms with Crippen molar-refractivity contribution >= 4 is 22.7 Å². The Morgan fingerprint density at radius 2 is 1.70 bits per heavy atom. The van der Waals surface area contributed by atoms with Crippen molar-refractivity contribution in [2.75, 3.05) is 14.1 Å². The van der Waals surface area contributed by atoms with Gasteiger partial charge in [0.1, 0.15) is 6.04 Å². The molecule has 3 rings (SSSR count). The SMILES string of the molecule is Cc1ccc2cc(C(=O)NC(C(=O)N(C)C)c3ccccc3)c(C)nc2c1. The Bertz CT molecular complexity index is 997. The van der Waals surface area contributed by atoms with Crippen LogP contribution in [0.25, 0.3) is 10.9 Å². The maximum Gasteiger partial charge on any atom is 0.254 e. The van der Waals surface area contributed by atoms with Crippen molar-refractivity contribution in [2.45, 2.75) is 19.9 Å². The van der Waals surface area contributed by atoms with Crippen LogP contribution in [-0.4, -0.2) is 35.8 Å². The van der Waals surface area contributed by atoms with E-state index in [9.17, 15) is 9.59 Å². The summed E-state index contributed by atoms with van der Waals surface area (Å²) >= 11 is 0. The predicted octanol–water partition coefficient (Wildman–Crippen LogP) is 3.41. The Morgan fingerprint density at radius 1 is 1.00 bits per heavy atom. The van der Waals surface area contributed by atoms with Crippen LogP contribution in [0.1, 0.15) is 33.2 Å². The Kier molecular flexibility index (Phi) is 5.21. The van der Waals surface area contributed by atoms with Crippen molar-refractivity contribution < 1.29 is 9.59 Å². The lowest BCUT2D eigenvalue weighted by Crippen LogP contribution is -2.40. The normalized spacial score (nSPS) is 11.9. The summed E-state index contributed by atoms with van der Waals surface area (Å²) in [6, 6.07) is 16.3. The molecule has 0 aliphatic carbocycles. The molecule has 1 aromatic heterocycles. The summed E-state index contributed by atoms with van der Waals surface area (Å²) in [4.78, 5) is 31.6. The highest BCUT2D eigenvalue weighted by Gasteiger charge is 2.25. The maximum absolute atomic E-state index is 13.0. The zero-order valence-electron chi connectivity index (χ0n) is 16.0. The summed E-state index contributed by atoms with van der Waals surface area (Å²) in [6.07, 6.45) is 0. The zero-order chi connectivity index (χ0) is 19.6. The Morgan fingerprint density at radius 3 is 2.37 bits per heavy atom. The molecule has 1 atom stereocenters. The van der Waals surface area contributed by atoms with Gasteiger partial charge in [-0.05, 0) is 37.1 Å². The first-order chi connectivity index (χ1) is 12.9. The second-order valence-electron chi connectivity index (χ2n) is 6.87. The number of benzene rings is 2. The number of hydrogen-bond donors (Lipinski definition) is 1. The quantitative estimate of drug-likeness (QED) is 0.775. The number of likely N-dealkylation sites (N-methyl/N-ethyl adjacent to an activating group) is 1. The molecule has 0 aliphatic heterocycles. The summed E-state index contributed by atoms with van der Waals surface area (Å²) in [5.74, 6) is -0.497. The van der Waals surface area contributed by atoms with E-state index in [1.54, 1.807) is 14.1 Å². The lowest BCUT2D eigenvalue weighted by atomic mass is 10.0. The minimum atomic E-state index is -0.748. The first-order valence-corrected chi connectivity index (χ1v) is 8.82. The molecule has 5 nitrogen and oxygen atoms in total. The molecule has 0 saturated heterocycles. The van der Waals surface area contributed by atoms with E-state index in [1.807, 2.05) is 68.4 Å². The molecule has 5 heteroatoms. The van der Waals surface area contributed by atoms with Crippen LogP contribution in [0.2, 0.25) is 0 Å². The molecule has 0 aliphatic rings. The molecule has 2 amide bonds. The van der Waals surface area contributed by atoms with Crippen molar-refractivity contribution in [3.8, 4) is 0 Å². The summed E-state index contributed by atoms with van der Waals surface area (Å²) in [5, 5.41) is 3.77. The third-order valence-corrected chi connectivity index (χ3v) is 4.50. The zero-order valence-corrected chi connectivity index (χ0v) is 16.0. The van der Waals surface area contributed by atoms with E-state index >= 15 is 0 Å². The average molecular weight is 361 g/mol. The largest absolute Gasteiger partial charge is 0.347 e. The minimum Gasteiger partial charge on any atom is -0.347 e. The van der Waals surface area contributed by atoms with Crippen LogP contribution in [0.5, 0.6) is 0 Å². The standard InChI is InChI=1S/C22H23N3O2/c1-14-10-11-17-13-18(15(2)23-19(17)12-14)21(26)24-20(22(27)25(3)4)16-8-6-5-7-9-16/h5-13,20H,1-4H3,(H,24,26). The first-order valence-electron chi connectivity index (χ1n) is 8.82. The van der Waals surface area contributed by atoms with Gasteiger partial charge in [0.15, 0.2) is 0 Å². The predicted molar refractivity (Wildman–Crippen MR) is 107 cm³/mol. The number of carbonyl (C=O) groups is 2. The fourth-order valence-electron chi connectivity index (χ4n) is 3.00. The number of nitrogens with one attached hydrogen (secondary N) is 1. The summed E-state index contributed by atoms with van der Waals surface area (Å²) < 4.78 is 0. The van der Waals surface area contributed by atoms with Gasteiger partial charge in [-0.15, -0.1) is 0 Å². The molecule has 0 spiro atoms. The molecular weight excluding hydrogens is 338 g/mol. The van der Waals surface area contributed by atoms with Crippen molar-refractivity contribution in [1.82, 2.24) is 15.2 Å². The number of pyridine rings is 1. The van der Waals surface area contributed by atoms with Crippen LogP contribution in [0, 0.1) is 13.8 Å². The van der Waals surface area contributed by atoms with Gasteiger partial charge in [0, 0.05) is 19.5 Å². The molecule has 3 aromatic rings. The lowest BCUT2D eigenvalue weighted by molar-refractivity contribution is -0.130. The van der Waals surface area contributed by atoms with Crippen LogP contribution in [0.15, 0.2) is 54.6 Å². The number of aryl methyl sites for hydroxylation is 2. The molecule has 0 saturated carbocycles. The van der Waals surface area contributed by atoms with Gasteiger partial charge < -0.3 is 10.2 Å². The third kappa shape index (κ3) is 3.97. The number of fused-ring (bicyclic) bond motifs is 1. The molecule has 0 fully saturated rings. The molecule has 1 unspecified atom stereocenters. The fourth-order valence-corrected chi connectivity index (χ4v) is 3.00. The molecule has 138 valence electrons. The molecule has 2 aromatic carbocycles. The number of aromatic nitrogens is 1. The first kappa shape index (κ1) is 18.6. The second kappa shape index (κ2) is 7.58. The van der Waals surface area contributed by atoms with Gasteiger partial charge in [-0.25, -0.2) is 0 Å². The van der Waals surface area contributed by atoms with E-state index in [0.29, 0.717) is 11.3 Å². The lowest BCUT2D eigenvalue weighted by Gasteiger charge is -2.22. The highest BCUT2D eigenvalue weighted by molar-refractivity contribution is 6.01. The Balaban J connectivity index is 1.96. The van der Waals surface area contributed by atoms with Gasteiger partial charge in [-0.2, -0.15) is 0 Å². The Hall–Kier alpha value is -3.21. The maximum atomic E-state index is 13.0. The van der Waals surface area contributed by atoms with E-state index in [-0.39, 0.29) is 11.8 Å². The number of rotatable bonds is 4. The van der Waals surface area contributed by atoms with Gasteiger partial charge in [0.25, 0.3) is 5.91 Å². The van der Waals surface area contributed by atoms with Crippen LogP contribution in [0.3, 0.4) is 0 Å². The summed E-state index contributed by atoms with van der Waals surface area (Å²) in [6.45, 7) is 3.82. The van der Waals surface area contributed by atoms with Crippen LogP contribution in [-0.2, 0) is 4.79 Å². The summed E-state index contributed by atoms with van der Waals surface area (Å²) in [7, 11) is 3.35. The van der Waals surface area contributed by atoms with E-state index in [0.717, 1.165) is 22.0 Å². The summed E-state index contributed by atoms with van der Waals surface area (Å²) in [5.41, 5.74) is 3.82. The number of amides is 2. The van der Waals surface area contributed by atoms with Gasteiger partial charge in [0.05, 0.1) is 16.8 Å². The van der Waals surface area contributed by atoms with E-state index in [1.165, 1.54) is 4.90 Å². The van der Waals surface area contributed by atoms with Gasteiger partial charge in [-0.1, -0.05) is 42.5 Å². The second-order valence-corrected chi connectivity index (χ2v) is 6.87. The highest BCUT2D eigenvalue weighted by atomic mass is 16.2. The van der Waals surface area contributed by atoms with E-state index in [4.69, 9.17) is 0 Å².